The van der Waals surface area contributed by atoms with Crippen molar-refractivity contribution in [2.75, 3.05) is 0 Å². The average Bonchev–Trinajstić information content (AvgIpc) is 1.62. The first-order valence-corrected chi connectivity index (χ1v) is 33.0. The van der Waals surface area contributed by atoms with E-state index in [1.54, 1.807) is 22.7 Å². The maximum Gasteiger partial charge on any atom is 0.164 e. The van der Waals surface area contributed by atoms with E-state index in [2.05, 4.69) is 171 Å². The largest absolute Gasteiger partial charge is 0.309 e. The number of halogens is 1. The number of thiazole rings is 2. The van der Waals surface area contributed by atoms with E-state index >= 15 is 0 Å². The Bertz CT molecular complexity index is 5360. The van der Waals surface area contributed by atoms with Crippen molar-refractivity contribution in [3.63, 3.8) is 0 Å². The standard InChI is InChI=1S/C40H25N5S.C21H14BrN3.C20H13NS/c1-3-11-26(12-4-1)37-42-38(27-13-5-2-6-14-27)44-39(43-37)28-19-22-30(23-20-28)45-34-17-9-7-15-31(34)32-24-21-29(25-35(32)45)40-41-33-16-8-10-18-36(33)46-40;22-18-13-11-17(12-14-18)21-24-19(15-7-3-1-4-8-15)23-20(25-21)16-9-5-2-6-10-16;1-2-6-16-13(5-1)11-15-12-14(9-10-17(15)16)20-21-18-7-3-4-8-19(18)22-20/h1-25H;1-14H;1-10,12H,11H2. The second-order valence-corrected chi connectivity index (χ2v) is 25.4. The smallest absolute Gasteiger partial charge is 0.164 e. The molecule has 9 nitrogen and oxygen atoms in total. The molecule has 0 spiro atoms. The summed E-state index contributed by atoms with van der Waals surface area (Å²) in [7, 11) is 0. The summed E-state index contributed by atoms with van der Waals surface area (Å²) in [6.45, 7) is 0. The summed E-state index contributed by atoms with van der Waals surface area (Å²) in [5.41, 5.74) is 19.2. The molecule has 1 aliphatic carbocycles. The lowest BCUT2D eigenvalue weighted by Gasteiger charge is -2.11. The zero-order valence-corrected chi connectivity index (χ0v) is 53.0. The Morgan fingerprint density at radius 1 is 0.280 bits per heavy atom. The van der Waals surface area contributed by atoms with Crippen LogP contribution in [0.1, 0.15) is 11.1 Å². The van der Waals surface area contributed by atoms with Crippen LogP contribution in [0.15, 0.2) is 308 Å². The van der Waals surface area contributed by atoms with Crippen molar-refractivity contribution in [2.45, 2.75) is 6.42 Å². The average molecular weight is 1300 g/mol. The van der Waals surface area contributed by atoms with Gasteiger partial charge in [0.15, 0.2) is 34.9 Å². The number of hydrogen-bond acceptors (Lipinski definition) is 10. The van der Waals surface area contributed by atoms with E-state index in [1.807, 2.05) is 158 Å². The Labute approximate surface area is 553 Å². The third-order valence-electron chi connectivity index (χ3n) is 16.4. The van der Waals surface area contributed by atoms with Gasteiger partial charge in [0.1, 0.15) is 10.0 Å². The highest BCUT2D eigenvalue weighted by molar-refractivity contribution is 9.10. The number of aromatic nitrogens is 9. The lowest BCUT2D eigenvalue weighted by molar-refractivity contribution is 1.07. The zero-order chi connectivity index (χ0) is 62.0. The maximum absolute atomic E-state index is 4.94. The minimum absolute atomic E-state index is 0.639. The summed E-state index contributed by atoms with van der Waals surface area (Å²) in [4.78, 5) is 38.5. The van der Waals surface area contributed by atoms with Gasteiger partial charge in [-0.05, 0) is 108 Å². The van der Waals surface area contributed by atoms with Gasteiger partial charge in [-0.3, -0.25) is 0 Å². The molecule has 0 unspecified atom stereocenters. The fourth-order valence-electron chi connectivity index (χ4n) is 11.9. The molecule has 18 rings (SSSR count). The molecule has 5 heterocycles. The quantitative estimate of drug-likeness (QED) is 0.141. The van der Waals surface area contributed by atoms with Crippen molar-refractivity contribution in [3.05, 3.63) is 319 Å². The molecule has 5 aromatic heterocycles. The number of benzene rings is 12. The fraction of sp³-hybridized carbons (Fsp3) is 0.0123. The number of nitrogens with zero attached hydrogens (tertiary/aromatic N) is 9. The second kappa shape index (κ2) is 25.2. The molecule has 0 bridgehead atoms. The maximum atomic E-state index is 4.94. The molecule has 1 aliphatic rings. The zero-order valence-electron chi connectivity index (χ0n) is 49.8. The number of para-hydroxylation sites is 3. The molecule has 17 aromatic rings. The van der Waals surface area contributed by atoms with Gasteiger partial charge < -0.3 is 4.57 Å². The van der Waals surface area contributed by atoms with Crippen LogP contribution >= 0.6 is 38.6 Å². The Balaban J connectivity index is 0.000000122. The summed E-state index contributed by atoms with van der Waals surface area (Å²) < 4.78 is 5.81. The molecule has 0 saturated carbocycles. The van der Waals surface area contributed by atoms with Gasteiger partial charge in [0.2, 0.25) is 0 Å². The Kier molecular flexibility index (Phi) is 15.4. The van der Waals surface area contributed by atoms with Gasteiger partial charge in [-0.25, -0.2) is 39.9 Å². The van der Waals surface area contributed by atoms with Gasteiger partial charge in [0.05, 0.1) is 31.5 Å². The summed E-state index contributed by atoms with van der Waals surface area (Å²) in [6.07, 6.45) is 1.03. The van der Waals surface area contributed by atoms with Crippen LogP contribution in [0.2, 0.25) is 0 Å². The van der Waals surface area contributed by atoms with E-state index in [0.717, 1.165) is 87.6 Å². The van der Waals surface area contributed by atoms with Gasteiger partial charge in [-0.2, -0.15) is 0 Å². The van der Waals surface area contributed by atoms with Crippen LogP contribution in [-0.4, -0.2) is 44.4 Å². The molecular formula is C81H52BrN9S2. The highest BCUT2D eigenvalue weighted by atomic mass is 79.9. The highest BCUT2D eigenvalue weighted by Gasteiger charge is 2.21. The first-order valence-electron chi connectivity index (χ1n) is 30.5. The second-order valence-electron chi connectivity index (χ2n) is 22.4. The minimum atomic E-state index is 0.639. The third kappa shape index (κ3) is 11.7. The van der Waals surface area contributed by atoms with Gasteiger partial charge in [-0.1, -0.05) is 240 Å². The summed E-state index contributed by atoms with van der Waals surface area (Å²) in [6, 6.07) is 104. The van der Waals surface area contributed by atoms with E-state index in [4.69, 9.17) is 34.9 Å². The first kappa shape index (κ1) is 56.9. The number of hydrogen-bond donors (Lipinski definition) is 0. The predicted octanol–water partition coefficient (Wildman–Crippen LogP) is 21.4. The molecule has 12 heteroatoms. The Hall–Kier alpha value is -11.3. The SMILES string of the molecule is Brc1ccc(-c2nc(-c3ccccc3)nc(-c3ccccc3)n2)cc1.c1ccc(-c2nc(-c3ccccc3)nc(-c3ccc(-n4c5ccccc5c5ccc(-c6nc7ccccc7s6)cc54)cc3)n2)cc1.c1ccc2c(c1)Cc1cc(-c3nc4ccccc4s3)ccc1-2. The molecule has 0 N–H and O–H groups in total. The van der Waals surface area contributed by atoms with Crippen molar-refractivity contribution < 1.29 is 0 Å². The monoisotopic (exact) mass is 1290 g/mol. The lowest BCUT2D eigenvalue weighted by Crippen LogP contribution is -2.00. The van der Waals surface area contributed by atoms with Crippen LogP contribution in [-0.2, 0) is 6.42 Å². The fourth-order valence-corrected chi connectivity index (χ4v) is 14.1. The predicted molar refractivity (Wildman–Crippen MR) is 386 cm³/mol. The first-order chi connectivity index (χ1) is 46.0. The number of rotatable bonds is 9. The molecule has 0 amide bonds. The van der Waals surface area contributed by atoms with Gasteiger partial charge >= 0.3 is 0 Å². The van der Waals surface area contributed by atoms with E-state index in [0.29, 0.717) is 34.9 Å². The third-order valence-corrected chi connectivity index (χ3v) is 19.1. The molecule has 440 valence electrons. The molecule has 0 atom stereocenters. The molecule has 0 saturated heterocycles. The van der Waals surface area contributed by atoms with Crippen LogP contribution in [0, 0.1) is 0 Å². The van der Waals surface area contributed by atoms with Crippen LogP contribution in [0.3, 0.4) is 0 Å². The summed E-state index contributed by atoms with van der Waals surface area (Å²) in [5, 5.41) is 4.56. The topological polar surface area (TPSA) is 108 Å². The van der Waals surface area contributed by atoms with Gasteiger partial charge in [-0.15, -0.1) is 22.7 Å². The van der Waals surface area contributed by atoms with E-state index < -0.39 is 0 Å². The Morgan fingerprint density at radius 2 is 0.656 bits per heavy atom. The minimum Gasteiger partial charge on any atom is -0.309 e. The Morgan fingerprint density at radius 3 is 1.16 bits per heavy atom. The van der Waals surface area contributed by atoms with Crippen LogP contribution < -0.4 is 0 Å². The van der Waals surface area contributed by atoms with E-state index in [-0.39, 0.29) is 0 Å². The molecule has 12 aromatic carbocycles. The van der Waals surface area contributed by atoms with Crippen LogP contribution in [0.4, 0.5) is 0 Å². The summed E-state index contributed by atoms with van der Waals surface area (Å²) >= 11 is 6.96. The number of fused-ring (bicyclic) bond motifs is 8. The normalized spacial score (nSPS) is 11.5. The van der Waals surface area contributed by atoms with Crippen molar-refractivity contribution >= 4 is 80.8 Å². The highest BCUT2D eigenvalue weighted by Crippen LogP contribution is 2.41. The molecular weight excluding hydrogens is 1240 g/mol. The molecule has 0 radical (unpaired) electrons. The van der Waals surface area contributed by atoms with Crippen LogP contribution in [0.25, 0.3) is 149 Å². The molecule has 93 heavy (non-hydrogen) atoms. The summed E-state index contributed by atoms with van der Waals surface area (Å²) in [5.74, 6) is 3.95. The van der Waals surface area contributed by atoms with E-state index in [9.17, 15) is 0 Å². The van der Waals surface area contributed by atoms with Crippen LogP contribution in [0.5, 0.6) is 0 Å². The van der Waals surface area contributed by atoms with E-state index in [1.165, 1.54) is 48.0 Å². The van der Waals surface area contributed by atoms with Crippen molar-refractivity contribution in [1.82, 2.24) is 44.4 Å². The van der Waals surface area contributed by atoms with Crippen molar-refractivity contribution in [3.8, 4) is 106 Å². The molecule has 0 aliphatic heterocycles. The van der Waals surface area contributed by atoms with Crippen molar-refractivity contribution in [1.29, 1.82) is 0 Å². The lowest BCUT2D eigenvalue weighted by atomic mass is 10.0. The van der Waals surface area contributed by atoms with Gasteiger partial charge in [0, 0.05) is 65.4 Å². The molecule has 0 fully saturated rings. The van der Waals surface area contributed by atoms with Gasteiger partial charge in [0.25, 0.3) is 0 Å². The van der Waals surface area contributed by atoms with Crippen molar-refractivity contribution in [2.24, 2.45) is 0 Å².